The molecule has 8 rings (SSSR count). The smallest absolute Gasteiger partial charge is 0.308 e. The molecule has 0 aliphatic carbocycles. The second-order valence-corrected chi connectivity index (χ2v) is 25.5. The SMILES string of the molecule is C.CC(C)(C)OC(=O)CCOCC=O.CCCCCCn1c(CCCC)nc2c(N)nc3ccc(N4CCN(C)CC4)cc3c21.CCCCc1nc2c(N)nc3ccc(N4CCN(C)CC4)cc3c2n1CCCCN(C)CCOCCC(=O)OC(C)(C)C. The van der Waals surface area contributed by atoms with Gasteiger partial charge >= 0.3 is 11.9 Å². The lowest BCUT2D eigenvalue weighted by molar-refractivity contribution is -0.157. The molecule has 0 bridgehead atoms. The summed E-state index contributed by atoms with van der Waals surface area (Å²) >= 11 is 0. The summed E-state index contributed by atoms with van der Waals surface area (Å²) in [4.78, 5) is 64.3. The highest BCUT2D eigenvalue weighted by molar-refractivity contribution is 6.08. The van der Waals surface area contributed by atoms with Gasteiger partial charge in [-0.25, -0.2) is 19.9 Å². The van der Waals surface area contributed by atoms with Crippen LogP contribution in [0.15, 0.2) is 36.4 Å². The second-order valence-electron chi connectivity index (χ2n) is 25.5. The van der Waals surface area contributed by atoms with Crippen molar-refractivity contribution in [3.05, 3.63) is 48.0 Å². The van der Waals surface area contributed by atoms with Gasteiger partial charge in [0.1, 0.15) is 46.8 Å². The number of piperazine rings is 2. The van der Waals surface area contributed by atoms with Gasteiger partial charge in [-0.05, 0) is 138 Å². The number of hydrogen-bond acceptors (Lipinski definition) is 18. The molecule has 6 heterocycles. The summed E-state index contributed by atoms with van der Waals surface area (Å²) in [6.07, 6.45) is 14.7. The van der Waals surface area contributed by atoms with Crippen LogP contribution in [-0.2, 0) is 59.3 Å². The van der Waals surface area contributed by atoms with Crippen LogP contribution in [0, 0.1) is 0 Å². The molecule has 88 heavy (non-hydrogen) atoms. The first kappa shape index (κ1) is 72.6. The van der Waals surface area contributed by atoms with E-state index in [1.54, 1.807) is 20.8 Å². The lowest BCUT2D eigenvalue weighted by Gasteiger charge is -2.34. The predicted octanol–water partition coefficient (Wildman–Crippen LogP) is 11.1. The van der Waals surface area contributed by atoms with Crippen LogP contribution in [0.5, 0.6) is 0 Å². The summed E-state index contributed by atoms with van der Waals surface area (Å²) in [6, 6.07) is 13.3. The van der Waals surface area contributed by atoms with Crippen LogP contribution in [0.4, 0.5) is 23.0 Å². The van der Waals surface area contributed by atoms with Crippen LogP contribution in [0.3, 0.4) is 0 Å². The highest BCUT2D eigenvalue weighted by Crippen LogP contribution is 2.35. The van der Waals surface area contributed by atoms with Crippen LogP contribution in [0.25, 0.3) is 43.9 Å². The molecule has 6 aromatic rings. The molecule has 0 unspecified atom stereocenters. The van der Waals surface area contributed by atoms with E-state index in [4.69, 9.17) is 50.4 Å². The highest BCUT2D eigenvalue weighted by atomic mass is 16.6. The van der Waals surface area contributed by atoms with Gasteiger partial charge in [-0.15, -0.1) is 0 Å². The van der Waals surface area contributed by atoms with E-state index in [-0.39, 0.29) is 45.4 Å². The fourth-order valence-electron chi connectivity index (χ4n) is 11.0. The summed E-state index contributed by atoms with van der Waals surface area (Å²) in [5.74, 6) is 2.82. The first-order valence-electron chi connectivity index (χ1n) is 32.4. The number of carbonyl (C=O) groups excluding carboxylic acids is 3. The highest BCUT2D eigenvalue weighted by Gasteiger charge is 2.23. The van der Waals surface area contributed by atoms with Crippen molar-refractivity contribution < 1.29 is 33.3 Å². The van der Waals surface area contributed by atoms with Crippen molar-refractivity contribution in [3.63, 3.8) is 0 Å². The Hall–Kier alpha value is -6.19. The van der Waals surface area contributed by atoms with Gasteiger partial charge in [0.25, 0.3) is 0 Å². The number of aldehydes is 1. The number of ether oxygens (including phenoxy) is 4. The van der Waals surface area contributed by atoms with E-state index >= 15 is 0 Å². The number of aromatic nitrogens is 6. The minimum Gasteiger partial charge on any atom is -0.460 e. The third-order valence-electron chi connectivity index (χ3n) is 15.7. The van der Waals surface area contributed by atoms with Crippen molar-refractivity contribution in [3.8, 4) is 0 Å². The number of carbonyl (C=O) groups is 3. The minimum absolute atomic E-state index is 0. The van der Waals surface area contributed by atoms with Crippen molar-refractivity contribution in [2.45, 2.75) is 184 Å². The number of nitrogen functional groups attached to an aromatic ring is 2. The maximum Gasteiger partial charge on any atom is 0.308 e. The number of esters is 2. The summed E-state index contributed by atoms with van der Waals surface area (Å²) in [7, 11) is 6.50. The molecule has 0 atom stereocenters. The third-order valence-corrected chi connectivity index (χ3v) is 15.7. The van der Waals surface area contributed by atoms with Crippen molar-refractivity contribution in [1.82, 2.24) is 43.8 Å². The van der Waals surface area contributed by atoms with Gasteiger partial charge in [0.2, 0.25) is 0 Å². The fourth-order valence-corrected chi connectivity index (χ4v) is 11.0. The molecule has 20 nitrogen and oxygen atoms in total. The molecule has 4 aromatic heterocycles. The van der Waals surface area contributed by atoms with E-state index in [1.165, 1.54) is 60.2 Å². The number of pyridine rings is 2. The van der Waals surface area contributed by atoms with Crippen molar-refractivity contribution in [2.75, 3.05) is 134 Å². The average molecular weight is 1220 g/mol. The maximum absolute atomic E-state index is 11.8. The monoisotopic (exact) mass is 1220 g/mol. The molecular weight excluding hydrogens is 1110 g/mol. The van der Waals surface area contributed by atoms with Crippen LogP contribution in [0.1, 0.15) is 158 Å². The first-order chi connectivity index (χ1) is 41.6. The Morgan fingerprint density at radius 2 is 1.00 bits per heavy atom. The number of anilines is 4. The number of imidazole rings is 2. The quantitative estimate of drug-likeness (QED) is 0.0253. The number of likely N-dealkylation sites (N-methyl/N-ethyl adjacent to an activating group) is 3. The number of benzene rings is 2. The zero-order chi connectivity index (χ0) is 63.1. The second kappa shape index (κ2) is 35.9. The first-order valence-corrected chi connectivity index (χ1v) is 32.4. The van der Waals surface area contributed by atoms with Gasteiger partial charge in [-0.1, -0.05) is 60.3 Å². The summed E-state index contributed by atoms with van der Waals surface area (Å²) in [6.45, 7) is 31.2. The summed E-state index contributed by atoms with van der Waals surface area (Å²) in [5, 5.41) is 2.32. The molecular formula is C68H111N13O7. The molecule has 2 saturated heterocycles. The van der Waals surface area contributed by atoms with Gasteiger partial charge in [-0.3, -0.25) is 9.59 Å². The number of fused-ring (bicyclic) bond motifs is 6. The number of unbranched alkanes of at least 4 members (excludes halogenated alkanes) is 6. The zero-order valence-electron chi connectivity index (χ0n) is 55.2. The molecule has 2 aliphatic heterocycles. The Morgan fingerprint density at radius 3 is 1.42 bits per heavy atom. The lowest BCUT2D eigenvalue weighted by atomic mass is 10.1. The van der Waals surface area contributed by atoms with Crippen LogP contribution >= 0.6 is 0 Å². The van der Waals surface area contributed by atoms with Gasteiger partial charge in [-0.2, -0.15) is 0 Å². The molecule has 490 valence electrons. The largest absolute Gasteiger partial charge is 0.460 e. The molecule has 2 fully saturated rings. The minimum atomic E-state index is -0.457. The van der Waals surface area contributed by atoms with E-state index in [9.17, 15) is 14.4 Å². The number of nitrogens with zero attached hydrogens (tertiary/aromatic N) is 11. The fraction of sp³-hybridized carbons (Fsp3) is 0.662. The van der Waals surface area contributed by atoms with E-state index in [0.717, 1.165) is 162 Å². The Kier molecular flexibility index (Phi) is 29.6. The average Bonchev–Trinajstić information content (AvgIpc) is 1.65. The van der Waals surface area contributed by atoms with Crippen LogP contribution in [-0.4, -0.2) is 186 Å². The predicted molar refractivity (Wildman–Crippen MR) is 362 cm³/mol. The third kappa shape index (κ3) is 22.4. The Bertz CT molecular complexity index is 3100. The Balaban J connectivity index is 0.000000273. The van der Waals surface area contributed by atoms with Gasteiger partial charge in [0.05, 0.1) is 54.7 Å². The van der Waals surface area contributed by atoms with E-state index in [0.29, 0.717) is 31.1 Å². The van der Waals surface area contributed by atoms with Gasteiger partial charge in [0.15, 0.2) is 11.6 Å². The molecule has 0 radical (unpaired) electrons. The summed E-state index contributed by atoms with van der Waals surface area (Å²) in [5.41, 5.74) is 20.4. The topological polar surface area (TPSA) is 218 Å². The number of nitrogens with two attached hydrogens (primary N) is 2. The molecule has 0 spiro atoms. The molecule has 4 N–H and O–H groups in total. The Labute approximate surface area is 526 Å². The van der Waals surface area contributed by atoms with Gasteiger partial charge in [0, 0.05) is 107 Å². The van der Waals surface area contributed by atoms with Gasteiger partial charge < -0.3 is 68.8 Å². The molecule has 0 saturated carbocycles. The lowest BCUT2D eigenvalue weighted by Crippen LogP contribution is -2.44. The number of hydrogen-bond donors (Lipinski definition) is 2. The molecule has 2 aromatic carbocycles. The molecule has 2 aliphatic rings. The summed E-state index contributed by atoms with van der Waals surface area (Å²) < 4.78 is 25.7. The van der Waals surface area contributed by atoms with Crippen LogP contribution in [0.2, 0.25) is 0 Å². The standard InChI is InChI=1S/C33H53N7O3.C25H38N6.C9H16O4.CH4/c1-7-8-11-28-36-30-31(26-24-25(12-13-27(26)35-32(30)34)39-19-17-38(6)18-20-39)40(28)16-10-9-15-37(5)21-23-42-22-14-29(41)43-33(2,3)4;1-4-6-8-9-13-31-22(10-7-5-2)28-23-24(31)20-18-19(11-12-21(20)27-25(23)26)30-16-14-29(3)15-17-30;1-9(2,3)13-8(11)4-6-12-7-5-10;/h12-13,24H,7-11,14-23H2,1-6H3,(H2,34,35);11-12,18H,4-10,13-17H2,1-3H3,(H2,26,27);5H,4,6-7H2,1-3H3;1H4. The van der Waals surface area contributed by atoms with E-state index in [2.05, 4.69) is 112 Å². The number of aryl methyl sites for hydroxylation is 4. The maximum atomic E-state index is 11.8. The number of rotatable bonds is 29. The molecule has 0 amide bonds. The van der Waals surface area contributed by atoms with Crippen molar-refractivity contribution >= 4 is 85.1 Å². The van der Waals surface area contributed by atoms with Crippen molar-refractivity contribution in [2.24, 2.45) is 0 Å². The Morgan fingerprint density at radius 1 is 0.568 bits per heavy atom. The van der Waals surface area contributed by atoms with Crippen molar-refractivity contribution in [1.29, 1.82) is 0 Å². The van der Waals surface area contributed by atoms with E-state index < -0.39 is 11.2 Å². The molecule has 20 heteroatoms. The normalized spacial score (nSPS) is 14.3. The van der Waals surface area contributed by atoms with E-state index in [1.807, 2.05) is 20.8 Å². The van der Waals surface area contributed by atoms with Crippen LogP contribution < -0.4 is 21.3 Å². The zero-order valence-corrected chi connectivity index (χ0v) is 55.2.